The van der Waals surface area contributed by atoms with Crippen LogP contribution in [0.25, 0.3) is 0 Å². The van der Waals surface area contributed by atoms with Crippen LogP contribution in [0.4, 0.5) is 5.69 Å². The lowest BCUT2D eigenvalue weighted by Gasteiger charge is -2.21. The largest absolute Gasteiger partial charge is 0.494 e. The molecule has 2 N–H and O–H groups in total. The van der Waals surface area contributed by atoms with Gasteiger partial charge in [-0.05, 0) is 80.0 Å². The standard InChI is InChI=1S/C24H31N3O3S/c1-4-15-27(16-5-2)23(29)19-7-11-20(12-8-19)25-24(31)26-22(28)18-9-13-21(14-10-18)30-17-6-3/h7-14H,4-6,15-17H2,1-3H3,(H2,25,26,28,31). The fourth-order valence-corrected chi connectivity index (χ4v) is 3.20. The molecule has 0 heterocycles. The van der Waals surface area contributed by atoms with Crippen LogP contribution in [0.15, 0.2) is 48.5 Å². The number of nitrogens with zero attached hydrogens (tertiary/aromatic N) is 1. The summed E-state index contributed by atoms with van der Waals surface area (Å²) in [6.07, 6.45) is 2.77. The van der Waals surface area contributed by atoms with Crippen molar-refractivity contribution in [3.63, 3.8) is 0 Å². The Morgan fingerprint density at radius 2 is 1.45 bits per heavy atom. The third-order valence-electron chi connectivity index (χ3n) is 4.48. The molecule has 2 aromatic rings. The molecule has 2 rings (SSSR count). The zero-order chi connectivity index (χ0) is 22.6. The van der Waals surface area contributed by atoms with Gasteiger partial charge in [-0.15, -0.1) is 0 Å². The number of hydrogen-bond acceptors (Lipinski definition) is 4. The second-order valence-corrected chi connectivity index (χ2v) is 7.56. The summed E-state index contributed by atoms with van der Waals surface area (Å²) in [6, 6.07) is 14.0. The highest BCUT2D eigenvalue weighted by Gasteiger charge is 2.14. The molecular weight excluding hydrogens is 410 g/mol. The zero-order valence-electron chi connectivity index (χ0n) is 18.4. The molecule has 2 amide bonds. The van der Waals surface area contributed by atoms with E-state index in [4.69, 9.17) is 17.0 Å². The zero-order valence-corrected chi connectivity index (χ0v) is 19.3. The van der Waals surface area contributed by atoms with Crippen molar-refractivity contribution in [3.8, 4) is 5.75 Å². The molecule has 0 aliphatic rings. The summed E-state index contributed by atoms with van der Waals surface area (Å²) >= 11 is 5.25. The maximum absolute atomic E-state index is 12.7. The van der Waals surface area contributed by atoms with Crippen molar-refractivity contribution in [2.45, 2.75) is 40.0 Å². The van der Waals surface area contributed by atoms with Gasteiger partial charge in [0, 0.05) is 29.9 Å². The van der Waals surface area contributed by atoms with Gasteiger partial charge in [0.15, 0.2) is 5.11 Å². The highest BCUT2D eigenvalue weighted by molar-refractivity contribution is 7.80. The molecule has 0 spiro atoms. The molecule has 0 atom stereocenters. The monoisotopic (exact) mass is 441 g/mol. The van der Waals surface area contributed by atoms with E-state index in [0.717, 1.165) is 38.1 Å². The summed E-state index contributed by atoms with van der Waals surface area (Å²) in [5.74, 6) is 0.448. The Labute approximate surface area is 190 Å². The van der Waals surface area contributed by atoms with Crippen LogP contribution in [-0.2, 0) is 0 Å². The summed E-state index contributed by atoms with van der Waals surface area (Å²) in [5.41, 5.74) is 1.82. The van der Waals surface area contributed by atoms with Crippen LogP contribution >= 0.6 is 12.2 Å². The molecule has 7 heteroatoms. The molecule has 0 saturated carbocycles. The van der Waals surface area contributed by atoms with Gasteiger partial charge in [0.1, 0.15) is 5.75 Å². The van der Waals surface area contributed by atoms with E-state index in [0.29, 0.717) is 23.4 Å². The van der Waals surface area contributed by atoms with Crippen LogP contribution in [0, 0.1) is 0 Å². The van der Waals surface area contributed by atoms with Crippen LogP contribution in [0.5, 0.6) is 5.75 Å². The SMILES string of the molecule is CCCOc1ccc(C(=O)NC(=S)Nc2ccc(C(=O)N(CCC)CCC)cc2)cc1. The number of rotatable bonds is 10. The third kappa shape index (κ3) is 7.68. The maximum atomic E-state index is 12.7. The molecule has 31 heavy (non-hydrogen) atoms. The number of benzene rings is 2. The number of thiocarbonyl (C=S) groups is 1. The average molecular weight is 442 g/mol. The number of hydrogen-bond donors (Lipinski definition) is 2. The first kappa shape index (κ1) is 24.3. The Bertz CT molecular complexity index is 861. The van der Waals surface area contributed by atoms with Gasteiger partial charge in [0.25, 0.3) is 11.8 Å². The molecule has 0 aliphatic carbocycles. The minimum absolute atomic E-state index is 0.0255. The van der Waals surface area contributed by atoms with E-state index in [2.05, 4.69) is 24.5 Å². The molecule has 0 fully saturated rings. The molecule has 0 aromatic heterocycles. The van der Waals surface area contributed by atoms with Crippen LogP contribution in [0.1, 0.15) is 60.7 Å². The smallest absolute Gasteiger partial charge is 0.257 e. The van der Waals surface area contributed by atoms with Crippen molar-refractivity contribution >= 4 is 34.8 Å². The number of amides is 2. The molecule has 0 saturated heterocycles. The van der Waals surface area contributed by atoms with E-state index >= 15 is 0 Å². The van der Waals surface area contributed by atoms with E-state index < -0.39 is 0 Å². The maximum Gasteiger partial charge on any atom is 0.257 e. The van der Waals surface area contributed by atoms with Gasteiger partial charge in [-0.1, -0.05) is 20.8 Å². The van der Waals surface area contributed by atoms with E-state index in [1.165, 1.54) is 0 Å². The Morgan fingerprint density at radius 3 is 2.00 bits per heavy atom. The molecule has 0 unspecified atom stereocenters. The Balaban J connectivity index is 1.91. The lowest BCUT2D eigenvalue weighted by molar-refractivity contribution is 0.0755. The number of anilines is 1. The van der Waals surface area contributed by atoms with Crippen molar-refractivity contribution in [3.05, 3.63) is 59.7 Å². The quantitative estimate of drug-likeness (QED) is 0.515. The predicted molar refractivity (Wildman–Crippen MR) is 129 cm³/mol. The Morgan fingerprint density at radius 1 is 0.871 bits per heavy atom. The van der Waals surface area contributed by atoms with E-state index in [1.807, 2.05) is 11.8 Å². The summed E-state index contributed by atoms with van der Waals surface area (Å²) in [5, 5.41) is 5.83. The fraction of sp³-hybridized carbons (Fsp3) is 0.375. The summed E-state index contributed by atoms with van der Waals surface area (Å²) in [6.45, 7) is 8.29. The third-order valence-corrected chi connectivity index (χ3v) is 4.68. The van der Waals surface area contributed by atoms with Crippen LogP contribution in [0.2, 0.25) is 0 Å². The van der Waals surface area contributed by atoms with Crippen molar-refractivity contribution < 1.29 is 14.3 Å². The molecule has 166 valence electrons. The number of carbonyl (C=O) groups excluding carboxylic acids is 2. The first-order valence-corrected chi connectivity index (χ1v) is 11.1. The van der Waals surface area contributed by atoms with Gasteiger partial charge in [-0.2, -0.15) is 0 Å². The molecule has 0 bridgehead atoms. The van der Waals surface area contributed by atoms with Gasteiger partial charge < -0.3 is 15.0 Å². The van der Waals surface area contributed by atoms with Crippen molar-refractivity contribution in [1.29, 1.82) is 0 Å². The molecule has 0 aliphatic heterocycles. The number of ether oxygens (including phenoxy) is 1. The van der Waals surface area contributed by atoms with Gasteiger partial charge in [0.05, 0.1) is 6.61 Å². The highest BCUT2D eigenvalue weighted by atomic mass is 32.1. The van der Waals surface area contributed by atoms with Crippen molar-refractivity contribution in [1.82, 2.24) is 10.2 Å². The summed E-state index contributed by atoms with van der Waals surface area (Å²) in [7, 11) is 0. The Kier molecular flexibility index (Phi) is 9.97. The average Bonchev–Trinajstić information content (AvgIpc) is 2.77. The predicted octanol–water partition coefficient (Wildman–Crippen LogP) is 4.86. The van der Waals surface area contributed by atoms with Gasteiger partial charge >= 0.3 is 0 Å². The Hall–Kier alpha value is -2.93. The second kappa shape index (κ2) is 12.7. The van der Waals surface area contributed by atoms with Crippen molar-refractivity contribution in [2.24, 2.45) is 0 Å². The molecule has 6 nitrogen and oxygen atoms in total. The second-order valence-electron chi connectivity index (χ2n) is 7.15. The van der Waals surface area contributed by atoms with Crippen LogP contribution in [0.3, 0.4) is 0 Å². The van der Waals surface area contributed by atoms with E-state index in [-0.39, 0.29) is 16.9 Å². The summed E-state index contributed by atoms with van der Waals surface area (Å²) in [4.78, 5) is 26.9. The number of carbonyl (C=O) groups is 2. The molecule has 0 radical (unpaired) electrons. The van der Waals surface area contributed by atoms with Gasteiger partial charge in [0.2, 0.25) is 0 Å². The van der Waals surface area contributed by atoms with Crippen molar-refractivity contribution in [2.75, 3.05) is 25.0 Å². The van der Waals surface area contributed by atoms with E-state index in [1.54, 1.807) is 48.5 Å². The number of nitrogens with one attached hydrogen (secondary N) is 2. The van der Waals surface area contributed by atoms with Gasteiger partial charge in [-0.25, -0.2) is 0 Å². The summed E-state index contributed by atoms with van der Waals surface area (Å²) < 4.78 is 5.52. The first-order chi connectivity index (χ1) is 15.0. The lowest BCUT2D eigenvalue weighted by atomic mass is 10.1. The molecular formula is C24H31N3O3S. The van der Waals surface area contributed by atoms with Crippen LogP contribution in [-0.4, -0.2) is 41.5 Å². The topological polar surface area (TPSA) is 70.7 Å². The minimum atomic E-state index is -0.305. The highest BCUT2D eigenvalue weighted by Crippen LogP contribution is 2.14. The normalized spacial score (nSPS) is 10.3. The molecule has 2 aromatic carbocycles. The lowest BCUT2D eigenvalue weighted by Crippen LogP contribution is -2.34. The van der Waals surface area contributed by atoms with E-state index in [9.17, 15) is 9.59 Å². The first-order valence-electron chi connectivity index (χ1n) is 10.7. The fourth-order valence-electron chi connectivity index (χ4n) is 2.99. The van der Waals surface area contributed by atoms with Gasteiger partial charge in [-0.3, -0.25) is 14.9 Å². The van der Waals surface area contributed by atoms with Crippen LogP contribution < -0.4 is 15.4 Å². The minimum Gasteiger partial charge on any atom is -0.494 e.